The van der Waals surface area contributed by atoms with Gasteiger partial charge >= 0.3 is 6.09 Å². The number of hydrogen-bond donors (Lipinski definition) is 3. The van der Waals surface area contributed by atoms with Crippen LogP contribution in [0.25, 0.3) is 11.5 Å². The lowest BCUT2D eigenvalue weighted by Crippen LogP contribution is -2.12. The molecule has 0 saturated carbocycles. The number of allylic oxidation sites excluding steroid dienone is 3. The molecule has 0 unspecified atom stereocenters. The normalized spacial score (nSPS) is 11.9. The Balaban J connectivity index is 2.18. The summed E-state index contributed by atoms with van der Waals surface area (Å²) >= 11 is 0. The zero-order valence-electron chi connectivity index (χ0n) is 14.5. The van der Waals surface area contributed by atoms with Gasteiger partial charge in [0.2, 0.25) is 11.9 Å². The number of anilines is 3. The van der Waals surface area contributed by atoms with Crippen molar-refractivity contribution in [2.24, 2.45) is 0 Å². The van der Waals surface area contributed by atoms with Crippen molar-refractivity contribution in [2.75, 3.05) is 30.0 Å². The van der Waals surface area contributed by atoms with Crippen LogP contribution >= 0.6 is 0 Å². The number of nitrogens with two attached hydrogens (primary N) is 1. The predicted molar refractivity (Wildman–Crippen MR) is 96.0 cm³/mol. The molecule has 2 aromatic heterocycles. The van der Waals surface area contributed by atoms with Gasteiger partial charge in [-0.25, -0.2) is 18.6 Å². The van der Waals surface area contributed by atoms with E-state index in [-0.39, 0.29) is 30.1 Å². The second-order valence-corrected chi connectivity index (χ2v) is 5.07. The molecule has 0 spiro atoms. The number of rotatable bonds is 6. The van der Waals surface area contributed by atoms with Crippen LogP contribution in [0, 0.1) is 0 Å². The fourth-order valence-corrected chi connectivity index (χ4v) is 1.86. The molecular weight excluding hydrogens is 360 g/mol. The van der Waals surface area contributed by atoms with E-state index < -0.39 is 17.7 Å². The van der Waals surface area contributed by atoms with Crippen molar-refractivity contribution in [1.82, 2.24) is 19.9 Å². The molecule has 9 nitrogen and oxygen atoms in total. The number of hydrogen-bond acceptors (Lipinski definition) is 8. The molecule has 0 fully saturated rings. The highest BCUT2D eigenvalue weighted by atomic mass is 19.1. The van der Waals surface area contributed by atoms with Gasteiger partial charge in [0.25, 0.3) is 0 Å². The number of nitrogen functional groups attached to an aromatic ring is 1. The lowest BCUT2D eigenvalue weighted by Gasteiger charge is -2.07. The van der Waals surface area contributed by atoms with E-state index in [1.54, 1.807) is 18.2 Å². The molecule has 0 aromatic carbocycles. The first-order valence-electron chi connectivity index (χ1n) is 7.64. The molecule has 0 aliphatic rings. The molecule has 1 amide bonds. The quantitative estimate of drug-likeness (QED) is 0.656. The van der Waals surface area contributed by atoms with E-state index in [1.807, 2.05) is 0 Å². The van der Waals surface area contributed by atoms with Crippen LogP contribution in [-0.2, 0) is 4.74 Å². The summed E-state index contributed by atoms with van der Waals surface area (Å²) in [5.74, 6) is -1.03. The standard InChI is InChI=1S/C16H17F2N7O2/c1-9(17)8-10(18)6-7-20-15-24-13(23-14(19)25-15)11-4-3-5-12(21-11)22-16(26)27-2/h3-6,8H,7H2,1-2H3,(H,21,22,26)(H3,19,20,23,24,25)/b9-8+,10-6+. The molecule has 4 N–H and O–H groups in total. The van der Waals surface area contributed by atoms with Gasteiger partial charge in [-0.1, -0.05) is 6.07 Å². The van der Waals surface area contributed by atoms with Gasteiger partial charge in [0.15, 0.2) is 5.82 Å². The van der Waals surface area contributed by atoms with Crippen molar-refractivity contribution in [3.63, 3.8) is 0 Å². The van der Waals surface area contributed by atoms with Gasteiger partial charge in [0.05, 0.1) is 12.9 Å². The van der Waals surface area contributed by atoms with Crippen molar-refractivity contribution >= 4 is 23.8 Å². The van der Waals surface area contributed by atoms with Crippen LogP contribution in [0.5, 0.6) is 0 Å². The number of halogens is 2. The molecule has 0 saturated heterocycles. The Morgan fingerprint density at radius 1 is 1.26 bits per heavy atom. The fraction of sp³-hybridized carbons (Fsp3) is 0.188. The van der Waals surface area contributed by atoms with Crippen LogP contribution in [0.2, 0.25) is 0 Å². The summed E-state index contributed by atoms with van der Waals surface area (Å²) in [7, 11) is 1.23. The minimum atomic E-state index is -0.743. The van der Waals surface area contributed by atoms with Gasteiger partial charge in [-0.3, -0.25) is 5.32 Å². The van der Waals surface area contributed by atoms with E-state index >= 15 is 0 Å². The molecular formula is C16H17F2N7O2. The molecule has 2 rings (SSSR count). The number of methoxy groups -OCH3 is 1. The zero-order valence-corrected chi connectivity index (χ0v) is 14.5. The number of ether oxygens (including phenoxy) is 1. The molecule has 0 aliphatic heterocycles. The van der Waals surface area contributed by atoms with Crippen molar-refractivity contribution in [3.8, 4) is 11.5 Å². The molecule has 2 heterocycles. The summed E-state index contributed by atoms with van der Waals surface area (Å²) in [4.78, 5) is 27.5. The Hall–Kier alpha value is -3.63. The van der Waals surface area contributed by atoms with Crippen molar-refractivity contribution in [2.45, 2.75) is 6.92 Å². The number of nitrogens with one attached hydrogen (secondary N) is 2. The largest absolute Gasteiger partial charge is 0.453 e. The number of carbonyl (C=O) groups excluding carboxylic acids is 1. The maximum absolute atomic E-state index is 13.3. The Kier molecular flexibility index (Phi) is 6.69. The second-order valence-electron chi connectivity index (χ2n) is 5.07. The average Bonchev–Trinajstić information content (AvgIpc) is 2.60. The highest BCUT2D eigenvalue weighted by Crippen LogP contribution is 2.17. The second kappa shape index (κ2) is 9.17. The van der Waals surface area contributed by atoms with Crippen LogP contribution in [0.15, 0.2) is 42.0 Å². The Bertz CT molecular complexity index is 883. The van der Waals surface area contributed by atoms with E-state index in [9.17, 15) is 13.6 Å². The van der Waals surface area contributed by atoms with Crippen LogP contribution in [0.1, 0.15) is 6.92 Å². The molecule has 0 aliphatic carbocycles. The minimum absolute atomic E-state index is 0.00410. The number of nitrogens with zero attached hydrogens (tertiary/aromatic N) is 4. The lowest BCUT2D eigenvalue weighted by molar-refractivity contribution is 0.187. The van der Waals surface area contributed by atoms with Crippen LogP contribution in [0.4, 0.5) is 31.3 Å². The average molecular weight is 377 g/mol. The van der Waals surface area contributed by atoms with Gasteiger partial charge in [-0.15, -0.1) is 0 Å². The fourth-order valence-electron chi connectivity index (χ4n) is 1.86. The first kappa shape index (κ1) is 19.7. The Labute approximate surface area is 153 Å². The van der Waals surface area contributed by atoms with Crippen molar-refractivity contribution < 1.29 is 18.3 Å². The number of amides is 1. The topological polar surface area (TPSA) is 128 Å². The van der Waals surface area contributed by atoms with Crippen molar-refractivity contribution in [1.29, 1.82) is 0 Å². The smallest absolute Gasteiger partial charge is 0.412 e. The first-order valence-corrected chi connectivity index (χ1v) is 7.64. The third kappa shape index (κ3) is 6.30. The van der Waals surface area contributed by atoms with Gasteiger partial charge in [0, 0.05) is 12.6 Å². The number of aromatic nitrogens is 4. The summed E-state index contributed by atoms with van der Waals surface area (Å²) in [6.45, 7) is 1.13. The van der Waals surface area contributed by atoms with Gasteiger partial charge in [0.1, 0.15) is 17.3 Å². The highest BCUT2D eigenvalue weighted by Gasteiger charge is 2.10. The molecule has 11 heteroatoms. The Morgan fingerprint density at radius 3 is 2.74 bits per heavy atom. The van der Waals surface area contributed by atoms with E-state index in [4.69, 9.17) is 5.73 Å². The summed E-state index contributed by atoms with van der Waals surface area (Å²) in [5.41, 5.74) is 5.98. The van der Waals surface area contributed by atoms with Crippen LogP contribution in [-0.4, -0.2) is 39.7 Å². The highest BCUT2D eigenvalue weighted by molar-refractivity contribution is 5.83. The maximum Gasteiger partial charge on any atom is 0.412 e. The van der Waals surface area contributed by atoms with Gasteiger partial charge < -0.3 is 15.8 Å². The molecule has 142 valence electrons. The van der Waals surface area contributed by atoms with Crippen LogP contribution < -0.4 is 16.4 Å². The number of pyridine rings is 1. The summed E-state index contributed by atoms with van der Waals surface area (Å²) in [5, 5.41) is 5.15. The molecule has 0 bridgehead atoms. The molecule has 27 heavy (non-hydrogen) atoms. The van der Waals surface area contributed by atoms with Crippen molar-refractivity contribution in [3.05, 3.63) is 42.0 Å². The Morgan fingerprint density at radius 2 is 2.04 bits per heavy atom. The predicted octanol–water partition coefficient (Wildman–Crippen LogP) is 2.83. The third-order valence-electron chi connectivity index (χ3n) is 2.94. The monoisotopic (exact) mass is 377 g/mol. The minimum Gasteiger partial charge on any atom is -0.453 e. The molecule has 2 aromatic rings. The van der Waals surface area contributed by atoms with E-state index in [0.717, 1.165) is 19.1 Å². The summed E-state index contributed by atoms with van der Waals surface area (Å²) in [6, 6.07) is 4.79. The SMILES string of the molecule is COC(=O)Nc1cccc(-c2nc(N)nc(NC/C=C(F)\C=C(/C)F)n2)n1. The first-order chi connectivity index (χ1) is 12.9. The van der Waals surface area contributed by atoms with Crippen LogP contribution in [0.3, 0.4) is 0 Å². The third-order valence-corrected chi connectivity index (χ3v) is 2.94. The number of carbonyl (C=O) groups is 1. The summed E-state index contributed by atoms with van der Waals surface area (Å²) in [6.07, 6.45) is 1.18. The van der Waals surface area contributed by atoms with Gasteiger partial charge in [-0.2, -0.15) is 15.0 Å². The maximum atomic E-state index is 13.3. The molecule has 0 radical (unpaired) electrons. The van der Waals surface area contributed by atoms with Gasteiger partial charge in [-0.05, 0) is 25.1 Å². The van der Waals surface area contributed by atoms with E-state index in [2.05, 4.69) is 35.3 Å². The summed E-state index contributed by atoms with van der Waals surface area (Å²) < 4.78 is 30.4. The zero-order chi connectivity index (χ0) is 19.8. The molecule has 0 atom stereocenters. The van der Waals surface area contributed by atoms with E-state index in [1.165, 1.54) is 7.11 Å². The lowest BCUT2D eigenvalue weighted by atomic mass is 10.3. The van der Waals surface area contributed by atoms with E-state index in [0.29, 0.717) is 5.69 Å².